The fourth-order valence-corrected chi connectivity index (χ4v) is 10.0. The van der Waals surface area contributed by atoms with E-state index in [1.165, 1.54) is 77.9 Å². The Balaban J connectivity index is 1.16. The zero-order valence-electron chi connectivity index (χ0n) is 28.8. The normalized spacial score (nSPS) is 19.2. The zero-order valence-corrected chi connectivity index (χ0v) is 28.8. The van der Waals surface area contributed by atoms with E-state index in [9.17, 15) is 0 Å². The number of para-hydroxylation sites is 2. The molecule has 11 rings (SSSR count). The van der Waals surface area contributed by atoms with Gasteiger partial charge in [0.15, 0.2) is 0 Å². The summed E-state index contributed by atoms with van der Waals surface area (Å²) in [4.78, 5) is 0. The highest BCUT2D eigenvalue weighted by Crippen LogP contribution is 2.63. The molecule has 1 spiro atoms. The molecule has 0 radical (unpaired) electrons. The lowest BCUT2D eigenvalue weighted by Gasteiger charge is -2.40. The number of hydrogen-bond acceptors (Lipinski definition) is 1. The van der Waals surface area contributed by atoms with Crippen LogP contribution in [0.4, 0.5) is 0 Å². The van der Waals surface area contributed by atoms with Crippen LogP contribution >= 0.6 is 0 Å². The summed E-state index contributed by atoms with van der Waals surface area (Å²) in [6, 6.07) is 56.5. The fraction of sp³-hybridized carbons (Fsp3) is 0.120. The molecule has 0 saturated heterocycles. The van der Waals surface area contributed by atoms with Crippen LogP contribution in [0.2, 0.25) is 0 Å². The zero-order chi connectivity index (χ0) is 33.9. The van der Waals surface area contributed by atoms with Crippen LogP contribution in [0.3, 0.4) is 0 Å². The summed E-state index contributed by atoms with van der Waals surface area (Å²) >= 11 is 0. The minimum Gasteiger partial charge on any atom is -0.456 e. The predicted octanol–water partition coefficient (Wildman–Crippen LogP) is 12.4. The van der Waals surface area contributed by atoms with Crippen LogP contribution in [-0.2, 0) is 17.3 Å². The van der Waals surface area contributed by atoms with E-state index < -0.39 is 5.41 Å². The Kier molecular flexibility index (Phi) is 5.84. The third-order valence-electron chi connectivity index (χ3n) is 12.3. The molecule has 4 aliphatic rings. The molecular formula is C50H36O. The van der Waals surface area contributed by atoms with Crippen LogP contribution in [-0.4, -0.2) is 0 Å². The Labute approximate surface area is 299 Å². The van der Waals surface area contributed by atoms with Gasteiger partial charge in [0.25, 0.3) is 0 Å². The van der Waals surface area contributed by atoms with Crippen LogP contribution in [0, 0.1) is 5.92 Å². The maximum absolute atomic E-state index is 7.07. The van der Waals surface area contributed by atoms with Gasteiger partial charge in [-0.25, -0.2) is 0 Å². The van der Waals surface area contributed by atoms with E-state index in [1.807, 2.05) is 0 Å². The van der Waals surface area contributed by atoms with Gasteiger partial charge >= 0.3 is 0 Å². The van der Waals surface area contributed by atoms with Gasteiger partial charge in [0.2, 0.25) is 0 Å². The van der Waals surface area contributed by atoms with Crippen LogP contribution in [0.25, 0.3) is 39.5 Å². The summed E-state index contributed by atoms with van der Waals surface area (Å²) in [6.07, 6.45) is 5.76. The molecular weight excluding hydrogens is 617 g/mol. The molecule has 1 heteroatoms. The number of ether oxygens (including phenoxy) is 1. The Hall–Kier alpha value is -5.92. The van der Waals surface area contributed by atoms with E-state index >= 15 is 0 Å². The van der Waals surface area contributed by atoms with E-state index in [4.69, 9.17) is 4.74 Å². The molecule has 0 bridgehead atoms. The van der Waals surface area contributed by atoms with Crippen molar-refractivity contribution in [1.82, 2.24) is 0 Å². The summed E-state index contributed by atoms with van der Waals surface area (Å²) in [5.41, 5.74) is 18.7. The third kappa shape index (κ3) is 3.71. The van der Waals surface area contributed by atoms with Gasteiger partial charge in [-0.15, -0.1) is 0 Å². The van der Waals surface area contributed by atoms with Crippen LogP contribution < -0.4 is 4.74 Å². The fourth-order valence-electron chi connectivity index (χ4n) is 10.0. The molecule has 0 fully saturated rings. The molecule has 2 unspecified atom stereocenters. The average molecular weight is 653 g/mol. The van der Waals surface area contributed by atoms with Gasteiger partial charge in [0.05, 0.1) is 5.41 Å². The van der Waals surface area contributed by atoms with Crippen molar-refractivity contribution in [3.8, 4) is 44.9 Å². The van der Waals surface area contributed by atoms with Crippen molar-refractivity contribution in [3.63, 3.8) is 0 Å². The van der Waals surface area contributed by atoms with Gasteiger partial charge in [-0.1, -0.05) is 153 Å². The highest BCUT2D eigenvalue weighted by atomic mass is 16.5. The molecule has 3 aliphatic carbocycles. The van der Waals surface area contributed by atoms with E-state index in [0.717, 1.165) is 23.5 Å². The standard InChI is InChI=1S/C50H36O/c1-31-23-24-32-28-40-39-26-25-33(29-45(39)49(2,35-13-4-3-5-14-35)46(40)30-34(32)27-31)36-17-12-21-44-48(36)51-47-22-11-10-20-43(47)50(44)41-18-8-6-15-37(41)38-16-7-9-19-42(38)50/h3-26,28-31H,27H2,1-2H3. The Bertz CT molecular complexity index is 2580. The maximum Gasteiger partial charge on any atom is 0.140 e. The first-order chi connectivity index (χ1) is 25.1. The van der Waals surface area contributed by atoms with Crippen molar-refractivity contribution in [2.75, 3.05) is 0 Å². The molecule has 0 amide bonds. The second kappa shape index (κ2) is 10.3. The van der Waals surface area contributed by atoms with Crippen molar-refractivity contribution in [3.05, 3.63) is 208 Å². The van der Waals surface area contributed by atoms with Gasteiger partial charge in [-0.2, -0.15) is 0 Å². The van der Waals surface area contributed by atoms with Gasteiger partial charge in [-0.3, -0.25) is 0 Å². The molecule has 1 heterocycles. The SMILES string of the molecule is CC1C=Cc2cc3c(cc2C1)C(C)(c1ccccc1)c1cc(-c2cccc4c2Oc2ccccc2C42c4ccccc4-c4ccccc42)ccc1-3. The van der Waals surface area contributed by atoms with Crippen molar-refractivity contribution in [2.24, 2.45) is 5.92 Å². The first-order valence-electron chi connectivity index (χ1n) is 18.2. The van der Waals surface area contributed by atoms with Crippen molar-refractivity contribution >= 4 is 6.08 Å². The van der Waals surface area contributed by atoms with Crippen molar-refractivity contribution in [2.45, 2.75) is 31.1 Å². The number of rotatable bonds is 2. The topological polar surface area (TPSA) is 9.23 Å². The Morgan fingerprint density at radius 2 is 1.16 bits per heavy atom. The lowest BCUT2D eigenvalue weighted by Crippen LogP contribution is -2.32. The highest BCUT2D eigenvalue weighted by Gasteiger charge is 2.51. The Morgan fingerprint density at radius 1 is 0.529 bits per heavy atom. The molecule has 0 saturated carbocycles. The monoisotopic (exact) mass is 652 g/mol. The molecule has 7 aromatic carbocycles. The van der Waals surface area contributed by atoms with E-state index in [0.29, 0.717) is 5.92 Å². The van der Waals surface area contributed by atoms with Crippen LogP contribution in [0.1, 0.15) is 63.9 Å². The molecule has 7 aromatic rings. The molecule has 51 heavy (non-hydrogen) atoms. The lowest BCUT2D eigenvalue weighted by atomic mass is 9.65. The Morgan fingerprint density at radius 3 is 1.94 bits per heavy atom. The number of hydrogen-bond donors (Lipinski definition) is 0. The molecule has 1 nitrogen and oxygen atoms in total. The molecule has 0 aromatic heterocycles. The van der Waals surface area contributed by atoms with Crippen molar-refractivity contribution in [1.29, 1.82) is 0 Å². The summed E-state index contributed by atoms with van der Waals surface area (Å²) < 4.78 is 7.07. The summed E-state index contributed by atoms with van der Waals surface area (Å²) in [7, 11) is 0. The lowest BCUT2D eigenvalue weighted by molar-refractivity contribution is 0.438. The second-order valence-electron chi connectivity index (χ2n) is 15.0. The van der Waals surface area contributed by atoms with E-state index in [-0.39, 0.29) is 5.41 Å². The van der Waals surface area contributed by atoms with E-state index in [1.54, 1.807) is 0 Å². The van der Waals surface area contributed by atoms with Gasteiger partial charge in [-0.05, 0) is 104 Å². The van der Waals surface area contributed by atoms with Crippen LogP contribution in [0.15, 0.2) is 158 Å². The smallest absolute Gasteiger partial charge is 0.140 e. The maximum atomic E-state index is 7.07. The summed E-state index contributed by atoms with van der Waals surface area (Å²) in [6.45, 7) is 4.75. The minimum absolute atomic E-state index is 0.297. The van der Waals surface area contributed by atoms with E-state index in [2.05, 4.69) is 178 Å². The summed E-state index contributed by atoms with van der Waals surface area (Å²) in [5, 5.41) is 0. The number of fused-ring (bicyclic) bond motifs is 13. The molecule has 242 valence electrons. The van der Waals surface area contributed by atoms with Gasteiger partial charge in [0.1, 0.15) is 11.5 Å². The third-order valence-corrected chi connectivity index (χ3v) is 12.3. The molecule has 0 N–H and O–H groups in total. The second-order valence-corrected chi connectivity index (χ2v) is 15.0. The first-order valence-corrected chi connectivity index (χ1v) is 18.2. The predicted molar refractivity (Wildman–Crippen MR) is 209 cm³/mol. The van der Waals surface area contributed by atoms with Gasteiger partial charge in [0, 0.05) is 22.1 Å². The number of allylic oxidation sites excluding steroid dienone is 1. The minimum atomic E-state index is -0.484. The van der Waals surface area contributed by atoms with Crippen molar-refractivity contribution < 1.29 is 4.74 Å². The quantitative estimate of drug-likeness (QED) is 0.181. The molecule has 1 aliphatic heterocycles. The van der Waals surface area contributed by atoms with Gasteiger partial charge < -0.3 is 4.74 Å². The highest BCUT2D eigenvalue weighted by molar-refractivity contribution is 5.92. The average Bonchev–Trinajstić information content (AvgIpc) is 3.61. The molecule has 2 atom stereocenters. The largest absolute Gasteiger partial charge is 0.456 e. The first kappa shape index (κ1) is 28.9. The van der Waals surface area contributed by atoms with Crippen LogP contribution in [0.5, 0.6) is 11.5 Å². The number of benzene rings is 7. The summed E-state index contributed by atoms with van der Waals surface area (Å²) in [5.74, 6) is 2.40.